The zero-order valence-electron chi connectivity index (χ0n) is 14.9. The van der Waals surface area contributed by atoms with Crippen LogP contribution in [0, 0.1) is 5.82 Å². The summed E-state index contributed by atoms with van der Waals surface area (Å²) in [6.07, 6.45) is 2.82. The number of hydrogen-bond donors (Lipinski definition) is 0. The summed E-state index contributed by atoms with van der Waals surface area (Å²) in [6, 6.07) is 5.87. The summed E-state index contributed by atoms with van der Waals surface area (Å²) in [7, 11) is 0. The maximum atomic E-state index is 13.1. The summed E-state index contributed by atoms with van der Waals surface area (Å²) in [4.78, 5) is 42.1. The van der Waals surface area contributed by atoms with Gasteiger partial charge in [0.15, 0.2) is 0 Å². The summed E-state index contributed by atoms with van der Waals surface area (Å²) in [5.41, 5.74) is -0.961. The van der Waals surface area contributed by atoms with Crippen LogP contribution in [-0.4, -0.2) is 18.7 Å². The van der Waals surface area contributed by atoms with Crippen LogP contribution in [0.25, 0.3) is 10.6 Å². The second kappa shape index (κ2) is 8.13. The molecule has 3 aromatic rings. The Hall–Kier alpha value is -3.33. The lowest BCUT2D eigenvalue weighted by atomic mass is 10.2. The van der Waals surface area contributed by atoms with Crippen LogP contribution in [0.5, 0.6) is 0 Å². The zero-order chi connectivity index (χ0) is 20.3. The minimum absolute atomic E-state index is 0.0208. The highest BCUT2D eigenvalue weighted by Crippen LogP contribution is 2.23. The fourth-order valence-corrected chi connectivity index (χ4v) is 3.47. The van der Waals surface area contributed by atoms with Gasteiger partial charge in [-0.25, -0.2) is 37.5 Å². The zero-order valence-corrected chi connectivity index (χ0v) is 15.7. The fraction of sp³-hybridized carbons (Fsp3) is 0.158. The van der Waals surface area contributed by atoms with Crippen molar-refractivity contribution >= 4 is 11.3 Å². The van der Waals surface area contributed by atoms with Crippen LogP contribution in [0.2, 0.25) is 0 Å². The molecule has 0 unspecified atom stereocenters. The topological polar surface area (TPSA) is 78.9 Å². The molecule has 0 aliphatic rings. The largest absolute Gasteiger partial charge is 0.336 e. The molecule has 0 spiro atoms. The van der Waals surface area contributed by atoms with E-state index in [1.54, 1.807) is 17.5 Å². The standard InChI is InChI=1S/C19H17FN4O3S/c1-3-9-22-17(25)23(10-4-2)19(27)24(18(22)26)11-15-12-28-16(21-15)13-5-7-14(20)8-6-13/h3-8,12H,1-2,9-11H2. The first-order chi connectivity index (χ1) is 13.5. The lowest BCUT2D eigenvalue weighted by molar-refractivity contribution is 0.496. The molecule has 9 heteroatoms. The first-order valence-electron chi connectivity index (χ1n) is 8.33. The van der Waals surface area contributed by atoms with Crippen molar-refractivity contribution in [2.24, 2.45) is 0 Å². The molecule has 0 radical (unpaired) electrons. The number of nitrogens with zero attached hydrogens (tertiary/aromatic N) is 4. The van der Waals surface area contributed by atoms with Crippen LogP contribution >= 0.6 is 11.3 Å². The third-order valence-corrected chi connectivity index (χ3v) is 4.91. The van der Waals surface area contributed by atoms with Gasteiger partial charge in [-0.2, -0.15) is 0 Å². The Kier molecular flexibility index (Phi) is 5.65. The van der Waals surface area contributed by atoms with Crippen molar-refractivity contribution in [3.05, 3.63) is 97.9 Å². The van der Waals surface area contributed by atoms with Gasteiger partial charge < -0.3 is 0 Å². The van der Waals surface area contributed by atoms with Gasteiger partial charge in [-0.1, -0.05) is 12.2 Å². The summed E-state index contributed by atoms with van der Waals surface area (Å²) < 4.78 is 15.9. The number of benzene rings is 1. The van der Waals surface area contributed by atoms with E-state index < -0.39 is 17.1 Å². The number of halogens is 1. The van der Waals surface area contributed by atoms with Gasteiger partial charge in [-0.05, 0) is 24.3 Å². The van der Waals surface area contributed by atoms with Crippen molar-refractivity contribution in [1.29, 1.82) is 0 Å². The Morgan fingerprint density at radius 1 is 0.929 bits per heavy atom. The van der Waals surface area contributed by atoms with Gasteiger partial charge in [-0.3, -0.25) is 0 Å². The average molecular weight is 400 g/mol. The number of thiazole rings is 1. The summed E-state index contributed by atoms with van der Waals surface area (Å²) in [6.45, 7) is 6.95. The molecule has 0 fully saturated rings. The molecule has 28 heavy (non-hydrogen) atoms. The minimum Gasteiger partial charge on any atom is -0.247 e. The van der Waals surface area contributed by atoms with Crippen molar-refractivity contribution in [2.75, 3.05) is 0 Å². The Bertz CT molecular complexity index is 1150. The van der Waals surface area contributed by atoms with E-state index in [0.29, 0.717) is 10.7 Å². The molecule has 0 saturated carbocycles. The first kappa shape index (κ1) is 19.4. The van der Waals surface area contributed by atoms with Crippen molar-refractivity contribution in [2.45, 2.75) is 19.6 Å². The summed E-state index contributed by atoms with van der Waals surface area (Å²) in [5, 5.41) is 2.35. The van der Waals surface area contributed by atoms with Crippen molar-refractivity contribution < 1.29 is 4.39 Å². The van der Waals surface area contributed by atoms with Gasteiger partial charge in [0, 0.05) is 10.9 Å². The van der Waals surface area contributed by atoms with Crippen LogP contribution in [0.3, 0.4) is 0 Å². The van der Waals surface area contributed by atoms with E-state index in [9.17, 15) is 18.8 Å². The van der Waals surface area contributed by atoms with Gasteiger partial charge in [-0.15, -0.1) is 24.5 Å². The number of hydrogen-bond acceptors (Lipinski definition) is 5. The van der Waals surface area contributed by atoms with E-state index in [-0.39, 0.29) is 25.5 Å². The Morgan fingerprint density at radius 3 is 2.00 bits per heavy atom. The monoisotopic (exact) mass is 400 g/mol. The quantitative estimate of drug-likeness (QED) is 0.567. The maximum Gasteiger partial charge on any atom is 0.336 e. The van der Waals surface area contributed by atoms with E-state index in [0.717, 1.165) is 19.3 Å². The summed E-state index contributed by atoms with van der Waals surface area (Å²) in [5.74, 6) is -0.348. The minimum atomic E-state index is -0.730. The second-order valence-corrected chi connectivity index (χ2v) is 6.74. The van der Waals surface area contributed by atoms with Crippen LogP contribution < -0.4 is 17.1 Å². The molecule has 0 amide bonds. The molecule has 3 rings (SSSR count). The highest BCUT2D eigenvalue weighted by molar-refractivity contribution is 7.13. The molecule has 0 atom stereocenters. The molecule has 0 N–H and O–H groups in total. The highest BCUT2D eigenvalue weighted by Gasteiger charge is 2.15. The predicted molar refractivity (Wildman–Crippen MR) is 106 cm³/mol. The van der Waals surface area contributed by atoms with E-state index in [2.05, 4.69) is 18.1 Å². The SMILES string of the molecule is C=CCn1c(=O)n(CC=C)c(=O)n(Cc2csc(-c3ccc(F)cc3)n2)c1=O. The average Bonchev–Trinajstić information content (AvgIpc) is 3.15. The maximum absolute atomic E-state index is 13.1. The number of aromatic nitrogens is 4. The molecule has 7 nitrogen and oxygen atoms in total. The van der Waals surface area contributed by atoms with E-state index in [4.69, 9.17) is 0 Å². The van der Waals surface area contributed by atoms with Crippen molar-refractivity contribution in [3.63, 3.8) is 0 Å². The van der Waals surface area contributed by atoms with Crippen molar-refractivity contribution in [1.82, 2.24) is 18.7 Å². The summed E-state index contributed by atoms with van der Waals surface area (Å²) >= 11 is 1.31. The second-order valence-electron chi connectivity index (χ2n) is 5.88. The Balaban J connectivity index is 2.05. The molecule has 0 aliphatic heterocycles. The molecule has 2 heterocycles. The smallest absolute Gasteiger partial charge is 0.247 e. The molecular formula is C19H17FN4O3S. The third-order valence-electron chi connectivity index (χ3n) is 3.97. The van der Waals surface area contributed by atoms with Gasteiger partial charge in [0.25, 0.3) is 0 Å². The molecule has 1 aromatic carbocycles. The number of rotatable bonds is 7. The fourth-order valence-electron chi connectivity index (χ4n) is 2.66. The van der Waals surface area contributed by atoms with Crippen LogP contribution in [0.15, 0.2) is 69.3 Å². The Labute approximate surface area is 163 Å². The third kappa shape index (κ3) is 3.70. The number of allylic oxidation sites excluding steroid dienone is 2. The molecule has 0 bridgehead atoms. The highest BCUT2D eigenvalue weighted by atomic mass is 32.1. The van der Waals surface area contributed by atoms with Gasteiger partial charge in [0.2, 0.25) is 0 Å². The lowest BCUT2D eigenvalue weighted by Crippen LogP contribution is -2.54. The van der Waals surface area contributed by atoms with Gasteiger partial charge in [0.1, 0.15) is 10.8 Å². The molecule has 2 aromatic heterocycles. The first-order valence-corrected chi connectivity index (χ1v) is 9.20. The van der Waals surface area contributed by atoms with Gasteiger partial charge >= 0.3 is 17.1 Å². The van der Waals surface area contributed by atoms with Gasteiger partial charge in [0.05, 0.1) is 25.3 Å². The molecule has 144 valence electrons. The molecule has 0 saturated heterocycles. The van der Waals surface area contributed by atoms with Crippen LogP contribution in [0.4, 0.5) is 4.39 Å². The predicted octanol–water partition coefficient (Wildman–Crippen LogP) is 1.85. The van der Waals surface area contributed by atoms with Crippen LogP contribution in [0.1, 0.15) is 5.69 Å². The molecule has 0 aliphatic carbocycles. The Morgan fingerprint density at radius 2 is 1.46 bits per heavy atom. The van der Waals surface area contributed by atoms with Crippen LogP contribution in [-0.2, 0) is 19.6 Å². The van der Waals surface area contributed by atoms with E-state index >= 15 is 0 Å². The van der Waals surface area contributed by atoms with E-state index in [1.165, 1.54) is 35.6 Å². The lowest BCUT2D eigenvalue weighted by Gasteiger charge is -2.11. The molecular weight excluding hydrogens is 383 g/mol. The van der Waals surface area contributed by atoms with E-state index in [1.807, 2.05) is 0 Å². The van der Waals surface area contributed by atoms with Crippen molar-refractivity contribution in [3.8, 4) is 10.6 Å². The normalized spacial score (nSPS) is 10.8.